The molecule has 0 fully saturated rings. The molecule has 0 amide bonds. The van der Waals surface area contributed by atoms with Crippen molar-refractivity contribution in [2.24, 2.45) is 0 Å². The van der Waals surface area contributed by atoms with Crippen molar-refractivity contribution in [2.75, 3.05) is 13.7 Å². The lowest BCUT2D eigenvalue weighted by atomic mass is 10.0. The summed E-state index contributed by atoms with van der Waals surface area (Å²) in [5.74, 6) is -0.358. The largest absolute Gasteiger partial charge is 0.479 e. The first-order valence-corrected chi connectivity index (χ1v) is 11.2. The van der Waals surface area contributed by atoms with Gasteiger partial charge in [-0.15, -0.1) is 0 Å². The van der Waals surface area contributed by atoms with Crippen LogP contribution in [0.4, 0.5) is 4.39 Å². The summed E-state index contributed by atoms with van der Waals surface area (Å²) in [4.78, 5) is 25.1. The van der Waals surface area contributed by atoms with E-state index in [2.05, 4.69) is 25.1 Å². The Morgan fingerprint density at radius 1 is 1.11 bits per heavy atom. The first-order valence-electron chi connectivity index (χ1n) is 11.2. The Labute approximate surface area is 205 Å². The van der Waals surface area contributed by atoms with Crippen LogP contribution < -0.4 is 4.74 Å². The average Bonchev–Trinajstić information content (AvgIpc) is 3.52. The number of hydrogen-bond donors (Lipinski definition) is 0. The Bertz CT molecular complexity index is 1580. The molecule has 4 aromatic heterocycles. The second-order valence-corrected chi connectivity index (χ2v) is 7.91. The highest BCUT2D eigenvalue weighted by Crippen LogP contribution is 2.27. The van der Waals surface area contributed by atoms with Gasteiger partial charge in [0.1, 0.15) is 16.9 Å². The number of carbonyl (C=O) groups is 1. The van der Waals surface area contributed by atoms with Gasteiger partial charge in [-0.3, -0.25) is 9.67 Å². The summed E-state index contributed by atoms with van der Waals surface area (Å²) in [7, 11) is 1.49. The van der Waals surface area contributed by atoms with Crippen LogP contribution >= 0.6 is 0 Å². The lowest BCUT2D eigenvalue weighted by Crippen LogP contribution is -2.07. The molecule has 0 unspecified atom stereocenters. The number of rotatable bonds is 7. The molecule has 0 aliphatic rings. The summed E-state index contributed by atoms with van der Waals surface area (Å²) in [5.41, 5.74) is 4.04. The van der Waals surface area contributed by atoms with Gasteiger partial charge in [0.25, 0.3) is 5.95 Å². The second kappa shape index (κ2) is 9.53. The predicted molar refractivity (Wildman–Crippen MR) is 128 cm³/mol. The quantitative estimate of drug-likeness (QED) is 0.319. The Morgan fingerprint density at radius 3 is 2.72 bits per heavy atom. The molecular formula is C25H22FN7O3. The zero-order valence-electron chi connectivity index (χ0n) is 19.8. The highest BCUT2D eigenvalue weighted by molar-refractivity contribution is 5.88. The molecule has 0 radical (unpaired) electrons. The molecule has 0 atom stereocenters. The molecule has 5 rings (SSSR count). The van der Waals surface area contributed by atoms with E-state index >= 15 is 4.39 Å². The molecule has 0 aliphatic heterocycles. The number of methoxy groups -OCH3 is 1. The number of benzene rings is 1. The van der Waals surface area contributed by atoms with E-state index < -0.39 is 5.97 Å². The fraction of sp³-hybridized carbons (Fsp3) is 0.200. The van der Waals surface area contributed by atoms with E-state index in [4.69, 9.17) is 9.47 Å². The third-order valence-corrected chi connectivity index (χ3v) is 5.60. The van der Waals surface area contributed by atoms with Crippen LogP contribution in [0.25, 0.3) is 28.1 Å². The summed E-state index contributed by atoms with van der Waals surface area (Å²) in [6, 6.07) is 8.70. The molecule has 0 N–H and O–H groups in total. The number of nitrogens with zero attached hydrogens (tertiary/aromatic N) is 7. The van der Waals surface area contributed by atoms with E-state index in [-0.39, 0.29) is 36.4 Å². The molecule has 0 saturated heterocycles. The molecule has 0 saturated carbocycles. The van der Waals surface area contributed by atoms with Gasteiger partial charge in [-0.25, -0.2) is 18.9 Å². The van der Waals surface area contributed by atoms with Crippen molar-refractivity contribution in [3.63, 3.8) is 0 Å². The number of ether oxygens (including phenoxy) is 2. The molecule has 182 valence electrons. The van der Waals surface area contributed by atoms with Crippen molar-refractivity contribution < 1.29 is 18.7 Å². The number of esters is 1. The molecule has 4 heterocycles. The van der Waals surface area contributed by atoms with E-state index in [0.717, 1.165) is 11.3 Å². The number of pyridine rings is 1. The highest BCUT2D eigenvalue weighted by atomic mass is 19.1. The van der Waals surface area contributed by atoms with Gasteiger partial charge in [0.15, 0.2) is 0 Å². The second-order valence-electron chi connectivity index (χ2n) is 7.91. The van der Waals surface area contributed by atoms with E-state index in [0.29, 0.717) is 22.2 Å². The van der Waals surface area contributed by atoms with Crippen molar-refractivity contribution in [2.45, 2.75) is 20.4 Å². The molecule has 5 aromatic rings. The Kier molecular flexibility index (Phi) is 6.11. The molecule has 0 spiro atoms. The van der Waals surface area contributed by atoms with Crippen molar-refractivity contribution in [1.82, 2.24) is 34.5 Å². The van der Waals surface area contributed by atoms with Gasteiger partial charge in [0.05, 0.1) is 38.2 Å². The van der Waals surface area contributed by atoms with E-state index in [1.807, 2.05) is 19.1 Å². The maximum absolute atomic E-state index is 15.0. The van der Waals surface area contributed by atoms with Crippen LogP contribution in [0.5, 0.6) is 5.88 Å². The minimum absolute atomic E-state index is 0.205. The van der Waals surface area contributed by atoms with E-state index in [9.17, 15) is 4.79 Å². The van der Waals surface area contributed by atoms with Crippen LogP contribution in [-0.4, -0.2) is 54.2 Å². The molecular weight excluding hydrogens is 465 g/mol. The molecule has 1 aromatic carbocycles. The third-order valence-electron chi connectivity index (χ3n) is 5.60. The van der Waals surface area contributed by atoms with Crippen LogP contribution in [0.3, 0.4) is 0 Å². The topological polar surface area (TPSA) is 110 Å². The average molecular weight is 487 g/mol. The Morgan fingerprint density at radius 2 is 1.97 bits per heavy atom. The van der Waals surface area contributed by atoms with Gasteiger partial charge < -0.3 is 9.47 Å². The normalized spacial score (nSPS) is 11.1. The molecule has 0 aliphatic carbocycles. The van der Waals surface area contributed by atoms with Crippen LogP contribution in [-0.2, 0) is 11.3 Å². The van der Waals surface area contributed by atoms with E-state index in [1.165, 1.54) is 30.3 Å². The minimum Gasteiger partial charge on any atom is -0.479 e. The fourth-order valence-electron chi connectivity index (χ4n) is 3.89. The first kappa shape index (κ1) is 23.1. The zero-order valence-corrected chi connectivity index (χ0v) is 19.8. The number of halogens is 1. The summed E-state index contributed by atoms with van der Waals surface area (Å²) in [6.07, 6.45) is 6.12. The van der Waals surface area contributed by atoms with Gasteiger partial charge in [-0.1, -0.05) is 18.2 Å². The smallest absolute Gasteiger partial charge is 0.341 e. The van der Waals surface area contributed by atoms with E-state index in [1.54, 1.807) is 36.1 Å². The summed E-state index contributed by atoms with van der Waals surface area (Å²) < 4.78 is 28.5. The third kappa shape index (κ3) is 4.26. The van der Waals surface area contributed by atoms with Crippen molar-refractivity contribution in [3.05, 3.63) is 77.8 Å². The lowest BCUT2D eigenvalue weighted by molar-refractivity contribution is 0.0526. The zero-order chi connectivity index (χ0) is 25.2. The summed E-state index contributed by atoms with van der Waals surface area (Å²) in [5, 5.41) is 8.57. The van der Waals surface area contributed by atoms with Gasteiger partial charge in [-0.2, -0.15) is 15.2 Å². The molecule has 36 heavy (non-hydrogen) atoms. The molecule has 0 bridgehead atoms. The van der Waals surface area contributed by atoms with Gasteiger partial charge in [-0.05, 0) is 31.5 Å². The SMILES string of the molecule is CCOC(=O)c1cnn(-c2nc(OC)c3c(cnn3Cc3ccc(-c4cccnc4C)c(F)c3)n2)c1. The number of carbonyl (C=O) groups excluding carboxylic acids is 1. The molecule has 11 heteroatoms. The van der Waals surface area contributed by atoms with Gasteiger partial charge in [0.2, 0.25) is 5.88 Å². The van der Waals surface area contributed by atoms with Crippen molar-refractivity contribution in [1.29, 1.82) is 0 Å². The van der Waals surface area contributed by atoms with Crippen LogP contribution in [0.1, 0.15) is 28.5 Å². The maximum Gasteiger partial charge on any atom is 0.341 e. The standard InChI is InChI=1S/C25H22FN7O3/c1-4-36-24(34)17-11-28-33(14-17)25-30-21-12-29-32(22(21)23(31-25)35-3)13-16-7-8-19(20(26)10-16)18-6-5-9-27-15(18)2/h5-12,14H,4,13H2,1-3H3. The number of fused-ring (bicyclic) bond motifs is 1. The van der Waals surface area contributed by atoms with Gasteiger partial charge in [0, 0.05) is 29.2 Å². The fourth-order valence-corrected chi connectivity index (χ4v) is 3.89. The highest BCUT2D eigenvalue weighted by Gasteiger charge is 2.18. The first-order chi connectivity index (χ1) is 17.5. The van der Waals surface area contributed by atoms with Gasteiger partial charge >= 0.3 is 5.97 Å². The van der Waals surface area contributed by atoms with Crippen LogP contribution in [0.15, 0.2) is 55.1 Å². The van der Waals surface area contributed by atoms with Crippen molar-refractivity contribution in [3.8, 4) is 23.0 Å². The number of aryl methyl sites for hydroxylation is 1. The van der Waals surface area contributed by atoms with Crippen LogP contribution in [0, 0.1) is 12.7 Å². The number of aromatic nitrogens is 7. The van der Waals surface area contributed by atoms with Crippen molar-refractivity contribution >= 4 is 17.0 Å². The Hall–Kier alpha value is -4.67. The predicted octanol–water partition coefficient (Wildman–Crippen LogP) is 3.76. The number of hydrogen-bond acceptors (Lipinski definition) is 8. The summed E-state index contributed by atoms with van der Waals surface area (Å²) in [6.45, 7) is 4.11. The lowest BCUT2D eigenvalue weighted by Gasteiger charge is -2.10. The molecule has 10 nitrogen and oxygen atoms in total. The Balaban J connectivity index is 1.46. The summed E-state index contributed by atoms with van der Waals surface area (Å²) >= 11 is 0. The minimum atomic E-state index is -0.485. The van der Waals surface area contributed by atoms with Crippen LogP contribution in [0.2, 0.25) is 0 Å². The maximum atomic E-state index is 15.0. The monoisotopic (exact) mass is 487 g/mol.